The molecule has 13 heteroatoms. The number of nitrogens with zero attached hydrogens (tertiary/aromatic N) is 4. The highest BCUT2D eigenvalue weighted by molar-refractivity contribution is 7.99. The number of benzene rings is 5. The molecule has 0 bridgehead atoms. The number of anilines is 3. The SMILES string of the molecule is CCSc1nnc(-c2ccc(C)c(NC(=O)c3ccc(F)cc3)c2)c2ccccc12.CCc1nnc(NC(=O)c2ccc(C)c(NC(=O)c3ccccc3)c2)s1. The molecule has 0 fully saturated rings. The van der Waals surface area contributed by atoms with Gasteiger partial charge in [0, 0.05) is 44.4 Å². The molecule has 0 radical (unpaired) electrons. The molecule has 0 spiro atoms. The van der Waals surface area contributed by atoms with Crippen molar-refractivity contribution >= 4 is 68.1 Å². The number of fused-ring (bicyclic) bond motifs is 1. The van der Waals surface area contributed by atoms with Crippen molar-refractivity contribution in [3.63, 3.8) is 0 Å². The van der Waals surface area contributed by atoms with Gasteiger partial charge in [-0.3, -0.25) is 19.7 Å². The third-order valence-electron chi connectivity index (χ3n) is 8.57. The summed E-state index contributed by atoms with van der Waals surface area (Å²) in [7, 11) is 0. The Balaban J connectivity index is 0.000000192. The Hall–Kier alpha value is -6.31. The lowest BCUT2D eigenvalue weighted by Gasteiger charge is -2.12. The number of thioether (sulfide) groups is 1. The Morgan fingerprint density at radius 2 is 1.21 bits per heavy atom. The highest BCUT2D eigenvalue weighted by Crippen LogP contribution is 2.33. The van der Waals surface area contributed by atoms with Crippen LogP contribution in [-0.2, 0) is 6.42 Å². The fourth-order valence-electron chi connectivity index (χ4n) is 5.53. The highest BCUT2D eigenvalue weighted by Gasteiger charge is 2.15. The van der Waals surface area contributed by atoms with Gasteiger partial charge in [0.05, 0.1) is 0 Å². The number of aryl methyl sites for hydroxylation is 3. The van der Waals surface area contributed by atoms with Crippen molar-refractivity contribution in [2.75, 3.05) is 21.7 Å². The summed E-state index contributed by atoms with van der Waals surface area (Å²) in [6.45, 7) is 7.87. The Bertz CT molecular complexity index is 2510. The van der Waals surface area contributed by atoms with E-state index in [1.165, 1.54) is 35.6 Å². The van der Waals surface area contributed by atoms with Crippen LogP contribution in [0.25, 0.3) is 22.0 Å². The number of nitrogens with one attached hydrogen (secondary N) is 3. The van der Waals surface area contributed by atoms with Crippen LogP contribution in [0.5, 0.6) is 0 Å². The normalized spacial score (nSPS) is 10.7. The number of rotatable bonds is 10. The molecule has 3 N–H and O–H groups in total. The van der Waals surface area contributed by atoms with Gasteiger partial charge in [-0.05, 0) is 91.7 Å². The highest BCUT2D eigenvalue weighted by atomic mass is 32.2. The van der Waals surface area contributed by atoms with E-state index in [0.29, 0.717) is 33.2 Å². The van der Waals surface area contributed by atoms with Gasteiger partial charge in [0.15, 0.2) is 0 Å². The van der Waals surface area contributed by atoms with Crippen molar-refractivity contribution in [1.82, 2.24) is 20.4 Å². The quantitative estimate of drug-likeness (QED) is 0.117. The van der Waals surface area contributed by atoms with Gasteiger partial charge in [-0.15, -0.1) is 32.2 Å². The van der Waals surface area contributed by atoms with Crippen molar-refractivity contribution < 1.29 is 18.8 Å². The van der Waals surface area contributed by atoms with Crippen molar-refractivity contribution in [3.05, 3.63) is 154 Å². The molecule has 2 aromatic heterocycles. The average Bonchev–Trinajstić information content (AvgIpc) is 3.68. The number of hydrogen-bond acceptors (Lipinski definition) is 9. The summed E-state index contributed by atoms with van der Waals surface area (Å²) in [5, 5.41) is 29.7. The van der Waals surface area contributed by atoms with Gasteiger partial charge >= 0.3 is 0 Å². The van der Waals surface area contributed by atoms with Crippen LogP contribution in [0.2, 0.25) is 0 Å². The molecule has 7 rings (SSSR count). The van der Waals surface area contributed by atoms with E-state index in [9.17, 15) is 18.8 Å². The van der Waals surface area contributed by atoms with Gasteiger partial charge in [0.2, 0.25) is 5.13 Å². The Morgan fingerprint density at radius 3 is 1.88 bits per heavy atom. The Labute approximate surface area is 332 Å². The molecule has 2 heterocycles. The standard InChI is InChI=1S/C24H20FN3OS.C19H18N4O2S/c1-3-30-24-20-7-5-4-6-19(20)22(27-28-24)17-9-8-15(2)21(14-17)26-23(29)16-10-12-18(25)13-11-16;1-3-16-22-23-19(26-16)21-18(25)14-10-9-12(2)15(11-14)20-17(24)13-7-5-4-6-8-13/h4-14H,3H2,1-2H3,(H,26,29);4-11H,3H2,1-2H3,(H,20,24)(H,21,23,25). The minimum absolute atomic E-state index is 0.219. The van der Waals surface area contributed by atoms with Gasteiger partial charge in [-0.2, -0.15) is 0 Å². The summed E-state index contributed by atoms with van der Waals surface area (Å²) in [5.74, 6) is -0.259. The Morgan fingerprint density at radius 1 is 0.625 bits per heavy atom. The first-order chi connectivity index (χ1) is 27.1. The van der Waals surface area contributed by atoms with Crippen molar-refractivity contribution in [2.45, 2.75) is 39.1 Å². The Kier molecular flexibility index (Phi) is 12.9. The summed E-state index contributed by atoms with van der Waals surface area (Å²) < 4.78 is 13.1. The van der Waals surface area contributed by atoms with Crippen LogP contribution in [0.1, 0.15) is 61.1 Å². The van der Waals surface area contributed by atoms with E-state index in [2.05, 4.69) is 49.3 Å². The zero-order valence-electron chi connectivity index (χ0n) is 31.1. The summed E-state index contributed by atoms with van der Waals surface area (Å²) in [6, 6.07) is 33.5. The maximum absolute atomic E-state index is 13.1. The van der Waals surface area contributed by atoms with E-state index in [1.807, 2.05) is 63.2 Å². The molecule has 0 aliphatic carbocycles. The molecule has 0 atom stereocenters. The van der Waals surface area contributed by atoms with Gasteiger partial charge < -0.3 is 10.6 Å². The first kappa shape index (κ1) is 39.4. The monoisotopic (exact) mass is 783 g/mol. The maximum atomic E-state index is 13.1. The third kappa shape index (κ3) is 9.67. The fraction of sp³-hybridized carbons (Fsp3) is 0.140. The van der Waals surface area contributed by atoms with Crippen molar-refractivity contribution in [3.8, 4) is 11.3 Å². The first-order valence-corrected chi connectivity index (χ1v) is 19.6. The molecule has 0 saturated heterocycles. The van der Waals surface area contributed by atoms with Crippen molar-refractivity contribution in [1.29, 1.82) is 0 Å². The van der Waals surface area contributed by atoms with Gasteiger partial charge in [-0.1, -0.05) is 85.8 Å². The lowest BCUT2D eigenvalue weighted by atomic mass is 10.0. The molecule has 0 saturated carbocycles. The van der Waals surface area contributed by atoms with E-state index in [4.69, 9.17) is 0 Å². The maximum Gasteiger partial charge on any atom is 0.257 e. The molecule has 0 aliphatic rings. The minimum Gasteiger partial charge on any atom is -0.322 e. The lowest BCUT2D eigenvalue weighted by Crippen LogP contribution is -2.15. The van der Waals surface area contributed by atoms with Gasteiger partial charge in [-0.25, -0.2) is 4.39 Å². The molecule has 282 valence electrons. The molecule has 5 aromatic carbocycles. The van der Waals surface area contributed by atoms with Gasteiger partial charge in [0.25, 0.3) is 17.7 Å². The topological polar surface area (TPSA) is 139 Å². The smallest absolute Gasteiger partial charge is 0.257 e. The summed E-state index contributed by atoms with van der Waals surface area (Å²) in [5.41, 5.74) is 6.09. The zero-order chi connectivity index (χ0) is 39.6. The zero-order valence-corrected chi connectivity index (χ0v) is 32.7. The van der Waals surface area contributed by atoms with Crippen LogP contribution in [0.3, 0.4) is 0 Å². The second kappa shape index (κ2) is 18.3. The largest absolute Gasteiger partial charge is 0.322 e. The predicted octanol–water partition coefficient (Wildman–Crippen LogP) is 10.0. The number of halogens is 1. The second-order valence-electron chi connectivity index (χ2n) is 12.5. The molecule has 0 aliphatic heterocycles. The number of hydrogen-bond donors (Lipinski definition) is 3. The first-order valence-electron chi connectivity index (χ1n) is 17.8. The minimum atomic E-state index is -0.375. The summed E-state index contributed by atoms with van der Waals surface area (Å²) >= 11 is 3.01. The van der Waals surface area contributed by atoms with Crippen LogP contribution in [0.15, 0.2) is 120 Å². The van der Waals surface area contributed by atoms with Gasteiger partial charge in [0.1, 0.15) is 21.5 Å². The number of amides is 3. The van der Waals surface area contributed by atoms with Crippen LogP contribution in [0, 0.1) is 19.7 Å². The summed E-state index contributed by atoms with van der Waals surface area (Å²) in [4.78, 5) is 37.4. The molecule has 56 heavy (non-hydrogen) atoms. The van der Waals surface area contributed by atoms with E-state index in [-0.39, 0.29) is 23.5 Å². The van der Waals surface area contributed by atoms with E-state index >= 15 is 0 Å². The van der Waals surface area contributed by atoms with E-state index in [1.54, 1.807) is 54.2 Å². The van der Waals surface area contributed by atoms with Crippen LogP contribution < -0.4 is 16.0 Å². The molecular formula is C43H38FN7O3S2. The fourth-order valence-corrected chi connectivity index (χ4v) is 6.91. The van der Waals surface area contributed by atoms with Crippen molar-refractivity contribution in [2.24, 2.45) is 0 Å². The summed E-state index contributed by atoms with van der Waals surface area (Å²) in [6.07, 6.45) is 0.772. The number of carbonyl (C=O) groups is 3. The number of carbonyl (C=O) groups excluding carboxylic acids is 3. The van der Waals surface area contributed by atoms with Crippen LogP contribution in [-0.4, -0.2) is 43.9 Å². The second-order valence-corrected chi connectivity index (χ2v) is 14.8. The van der Waals surface area contributed by atoms with E-state index in [0.717, 1.165) is 55.4 Å². The lowest BCUT2D eigenvalue weighted by molar-refractivity contribution is 0.101. The molecule has 7 aromatic rings. The van der Waals surface area contributed by atoms with E-state index < -0.39 is 0 Å². The van der Waals surface area contributed by atoms with Crippen LogP contribution >= 0.6 is 23.1 Å². The molecule has 0 unspecified atom stereocenters. The average molecular weight is 784 g/mol. The molecule has 3 amide bonds. The third-order valence-corrected chi connectivity index (χ3v) is 10.4. The molecule has 10 nitrogen and oxygen atoms in total. The van der Waals surface area contributed by atoms with Crippen LogP contribution in [0.4, 0.5) is 20.9 Å². The number of aromatic nitrogens is 4. The predicted molar refractivity (Wildman–Crippen MR) is 223 cm³/mol. The molecular weight excluding hydrogens is 746 g/mol.